The SMILES string of the molecule is COc1cc(OC)c2c(=O)[nH]c(-c3ccc(OCC(=O)NCC4CCOCC4)cc3)nc2c1. The van der Waals surface area contributed by atoms with Gasteiger partial charge in [-0.2, -0.15) is 0 Å². The Morgan fingerprint density at radius 2 is 1.88 bits per heavy atom. The number of rotatable bonds is 8. The van der Waals surface area contributed by atoms with Crippen LogP contribution in [-0.4, -0.2) is 56.5 Å². The number of benzene rings is 2. The number of fused-ring (bicyclic) bond motifs is 1. The number of hydrogen-bond donors (Lipinski definition) is 2. The summed E-state index contributed by atoms with van der Waals surface area (Å²) in [4.78, 5) is 32.1. The van der Waals surface area contributed by atoms with E-state index in [0.717, 1.165) is 26.1 Å². The monoisotopic (exact) mass is 453 g/mol. The molecule has 9 heteroatoms. The number of nitrogens with one attached hydrogen (secondary N) is 2. The number of methoxy groups -OCH3 is 2. The standard InChI is InChI=1S/C24H27N3O6/c1-30-18-11-19-22(20(12-18)31-2)24(29)27-23(26-19)16-3-5-17(6-4-16)33-14-21(28)25-13-15-7-9-32-10-8-15/h3-6,11-12,15H,7-10,13-14H2,1-2H3,(H,25,28)(H,26,27,29). The molecule has 0 radical (unpaired) electrons. The number of ether oxygens (including phenoxy) is 4. The summed E-state index contributed by atoms with van der Waals surface area (Å²) in [5.74, 6) is 2.19. The van der Waals surface area contributed by atoms with Gasteiger partial charge in [-0.25, -0.2) is 4.98 Å². The van der Waals surface area contributed by atoms with Crippen molar-refractivity contribution in [3.63, 3.8) is 0 Å². The van der Waals surface area contributed by atoms with Crippen molar-refractivity contribution in [1.29, 1.82) is 0 Å². The zero-order valence-corrected chi connectivity index (χ0v) is 18.7. The van der Waals surface area contributed by atoms with E-state index in [9.17, 15) is 9.59 Å². The molecule has 0 saturated carbocycles. The predicted octanol–water partition coefficient (Wildman–Crippen LogP) is 2.53. The summed E-state index contributed by atoms with van der Waals surface area (Å²) in [6.45, 7) is 2.08. The number of H-pyrrole nitrogens is 1. The van der Waals surface area contributed by atoms with Crippen molar-refractivity contribution in [2.75, 3.05) is 40.6 Å². The molecule has 2 aromatic carbocycles. The van der Waals surface area contributed by atoms with Crippen LogP contribution < -0.4 is 25.1 Å². The minimum absolute atomic E-state index is 0.0623. The second-order valence-electron chi connectivity index (χ2n) is 7.81. The maximum Gasteiger partial charge on any atom is 0.262 e. The molecule has 9 nitrogen and oxygen atoms in total. The molecule has 33 heavy (non-hydrogen) atoms. The third-order valence-electron chi connectivity index (χ3n) is 5.63. The Kier molecular flexibility index (Phi) is 7.09. The summed E-state index contributed by atoms with van der Waals surface area (Å²) in [7, 11) is 3.03. The van der Waals surface area contributed by atoms with Gasteiger partial charge in [0, 0.05) is 37.5 Å². The van der Waals surface area contributed by atoms with Gasteiger partial charge in [-0.1, -0.05) is 0 Å². The van der Waals surface area contributed by atoms with Crippen molar-refractivity contribution in [3.05, 3.63) is 46.8 Å². The molecule has 1 aliphatic heterocycles. The van der Waals surface area contributed by atoms with Gasteiger partial charge in [-0.05, 0) is 43.0 Å². The number of carbonyl (C=O) groups is 1. The lowest BCUT2D eigenvalue weighted by atomic mass is 10.0. The largest absolute Gasteiger partial charge is 0.497 e. The lowest BCUT2D eigenvalue weighted by Crippen LogP contribution is -2.35. The molecule has 174 valence electrons. The summed E-state index contributed by atoms with van der Waals surface area (Å²) in [6, 6.07) is 10.3. The quantitative estimate of drug-likeness (QED) is 0.539. The number of aromatic nitrogens is 2. The van der Waals surface area contributed by atoms with Gasteiger partial charge in [0.25, 0.3) is 11.5 Å². The van der Waals surface area contributed by atoms with Crippen LogP contribution in [0.25, 0.3) is 22.3 Å². The van der Waals surface area contributed by atoms with Crippen LogP contribution in [0.2, 0.25) is 0 Å². The second-order valence-corrected chi connectivity index (χ2v) is 7.81. The molecule has 1 amide bonds. The molecule has 2 N–H and O–H groups in total. The predicted molar refractivity (Wildman–Crippen MR) is 123 cm³/mol. The Balaban J connectivity index is 1.42. The first-order valence-corrected chi connectivity index (χ1v) is 10.8. The Morgan fingerprint density at radius 3 is 2.58 bits per heavy atom. The number of aromatic amines is 1. The van der Waals surface area contributed by atoms with Crippen molar-refractivity contribution in [3.8, 4) is 28.6 Å². The van der Waals surface area contributed by atoms with E-state index in [1.165, 1.54) is 7.11 Å². The highest BCUT2D eigenvalue weighted by atomic mass is 16.5. The van der Waals surface area contributed by atoms with E-state index in [-0.39, 0.29) is 18.1 Å². The number of carbonyl (C=O) groups excluding carboxylic acids is 1. The first-order chi connectivity index (χ1) is 16.1. The molecule has 1 saturated heterocycles. The Bertz CT molecular complexity index is 1170. The first-order valence-electron chi connectivity index (χ1n) is 10.8. The minimum atomic E-state index is -0.309. The Morgan fingerprint density at radius 1 is 1.12 bits per heavy atom. The lowest BCUT2D eigenvalue weighted by Gasteiger charge is -2.22. The van der Waals surface area contributed by atoms with Crippen molar-refractivity contribution in [2.24, 2.45) is 5.92 Å². The van der Waals surface area contributed by atoms with E-state index in [1.54, 1.807) is 43.5 Å². The number of hydrogen-bond acceptors (Lipinski definition) is 7. The van der Waals surface area contributed by atoms with Crippen molar-refractivity contribution in [1.82, 2.24) is 15.3 Å². The van der Waals surface area contributed by atoms with Crippen LogP contribution in [0.3, 0.4) is 0 Å². The van der Waals surface area contributed by atoms with Gasteiger partial charge in [0.05, 0.1) is 19.7 Å². The second kappa shape index (κ2) is 10.4. The molecule has 1 aliphatic rings. The van der Waals surface area contributed by atoms with E-state index in [2.05, 4.69) is 15.3 Å². The van der Waals surface area contributed by atoms with E-state index in [0.29, 0.717) is 52.0 Å². The fraction of sp³-hybridized carbons (Fsp3) is 0.375. The molecule has 0 spiro atoms. The van der Waals surface area contributed by atoms with Crippen molar-refractivity contribution < 1.29 is 23.7 Å². The van der Waals surface area contributed by atoms with Crippen molar-refractivity contribution >= 4 is 16.8 Å². The van der Waals surface area contributed by atoms with Crippen LogP contribution in [0.15, 0.2) is 41.2 Å². The normalized spacial score (nSPS) is 14.1. The zero-order valence-electron chi connectivity index (χ0n) is 18.7. The third-order valence-corrected chi connectivity index (χ3v) is 5.63. The summed E-state index contributed by atoms with van der Waals surface area (Å²) >= 11 is 0. The molecular weight excluding hydrogens is 426 g/mol. The van der Waals surface area contributed by atoms with Gasteiger partial charge in [-0.3, -0.25) is 9.59 Å². The van der Waals surface area contributed by atoms with Crippen LogP contribution >= 0.6 is 0 Å². The first kappa shape index (κ1) is 22.6. The zero-order chi connectivity index (χ0) is 23.2. The number of nitrogens with zero attached hydrogens (tertiary/aromatic N) is 1. The van der Waals surface area contributed by atoms with E-state index in [4.69, 9.17) is 18.9 Å². The topological polar surface area (TPSA) is 112 Å². The van der Waals surface area contributed by atoms with E-state index >= 15 is 0 Å². The molecule has 0 unspecified atom stereocenters. The molecule has 1 fully saturated rings. The Hall–Kier alpha value is -3.59. The van der Waals surface area contributed by atoms with E-state index in [1.807, 2.05) is 0 Å². The molecule has 2 heterocycles. The Labute approximate surface area is 191 Å². The molecule has 0 bridgehead atoms. The smallest absolute Gasteiger partial charge is 0.262 e. The third kappa shape index (κ3) is 5.43. The van der Waals surface area contributed by atoms with Gasteiger partial charge in [-0.15, -0.1) is 0 Å². The highest BCUT2D eigenvalue weighted by Gasteiger charge is 2.15. The minimum Gasteiger partial charge on any atom is -0.497 e. The summed E-state index contributed by atoms with van der Waals surface area (Å²) in [5, 5.41) is 3.27. The molecule has 4 rings (SSSR count). The summed E-state index contributed by atoms with van der Waals surface area (Å²) in [5.41, 5.74) is 0.856. The van der Waals surface area contributed by atoms with Crippen LogP contribution in [0.1, 0.15) is 12.8 Å². The van der Waals surface area contributed by atoms with Crippen molar-refractivity contribution in [2.45, 2.75) is 12.8 Å². The molecule has 0 aliphatic carbocycles. The van der Waals surface area contributed by atoms with Crippen LogP contribution in [-0.2, 0) is 9.53 Å². The van der Waals surface area contributed by atoms with Gasteiger partial charge in [0.2, 0.25) is 0 Å². The molecular formula is C24H27N3O6. The maximum atomic E-state index is 12.7. The van der Waals surface area contributed by atoms with Crippen LogP contribution in [0.5, 0.6) is 17.2 Å². The van der Waals surface area contributed by atoms with E-state index < -0.39 is 0 Å². The molecule has 3 aromatic rings. The maximum absolute atomic E-state index is 12.7. The van der Waals surface area contributed by atoms with Gasteiger partial charge >= 0.3 is 0 Å². The highest BCUT2D eigenvalue weighted by Crippen LogP contribution is 2.29. The lowest BCUT2D eigenvalue weighted by molar-refractivity contribution is -0.123. The average Bonchev–Trinajstić information content (AvgIpc) is 2.86. The van der Waals surface area contributed by atoms with Gasteiger partial charge in [0.1, 0.15) is 28.5 Å². The van der Waals surface area contributed by atoms with Gasteiger partial charge < -0.3 is 29.2 Å². The van der Waals surface area contributed by atoms with Crippen LogP contribution in [0.4, 0.5) is 0 Å². The van der Waals surface area contributed by atoms with Crippen LogP contribution in [0, 0.1) is 5.92 Å². The number of amides is 1. The molecule has 1 aromatic heterocycles. The molecule has 0 atom stereocenters. The van der Waals surface area contributed by atoms with Gasteiger partial charge in [0.15, 0.2) is 6.61 Å². The highest BCUT2D eigenvalue weighted by molar-refractivity contribution is 5.87. The fourth-order valence-electron chi connectivity index (χ4n) is 3.74. The average molecular weight is 453 g/mol. The summed E-state index contributed by atoms with van der Waals surface area (Å²) in [6.07, 6.45) is 1.93. The fourth-order valence-corrected chi connectivity index (χ4v) is 3.74. The summed E-state index contributed by atoms with van der Waals surface area (Å²) < 4.78 is 21.5.